The summed E-state index contributed by atoms with van der Waals surface area (Å²) in [5.74, 6) is 1.88. The van der Waals surface area contributed by atoms with E-state index in [-0.39, 0.29) is 17.2 Å². The molecule has 1 aromatic heterocycles. The van der Waals surface area contributed by atoms with E-state index >= 15 is 0 Å². The van der Waals surface area contributed by atoms with Gasteiger partial charge in [0.2, 0.25) is 0 Å². The fraction of sp³-hybridized carbons (Fsp3) is 0.433. The molecular formula is C30H39AuBrF5N2-2. The van der Waals surface area contributed by atoms with Crippen LogP contribution in [0.4, 0.5) is 22.0 Å². The quantitative estimate of drug-likeness (QED) is 0.134. The maximum atomic E-state index is 10.2. The summed E-state index contributed by atoms with van der Waals surface area (Å²) in [5, 5.41) is 0. The molecule has 0 aliphatic rings. The van der Waals surface area contributed by atoms with Gasteiger partial charge in [-0.2, -0.15) is 0 Å². The van der Waals surface area contributed by atoms with Crippen LogP contribution in [-0.4, -0.2) is 9.13 Å². The SMILES string of the molecule is CC(C)c1cccc(C(C)C)c1-n1ccn(-c2c(C(C)C)cccc2C(C)C)[c]1=[Au][Br].C[C-](F)F.F[C-](F)F. The van der Waals surface area contributed by atoms with E-state index in [1.807, 2.05) is 0 Å². The first kappa shape index (κ1) is 35.5. The Bertz CT molecular complexity index is 1080. The minimum atomic E-state index is -3.08. The first-order valence-electron chi connectivity index (χ1n) is 12.7. The van der Waals surface area contributed by atoms with Gasteiger partial charge < -0.3 is 22.0 Å². The topological polar surface area (TPSA) is 9.86 Å². The minimum absolute atomic E-state index is 0.209. The Morgan fingerprint density at radius 2 is 0.846 bits per heavy atom. The third kappa shape index (κ3) is 10.1. The number of rotatable bonds is 6. The molecule has 1 heterocycles. The van der Waals surface area contributed by atoms with Gasteiger partial charge in [0.25, 0.3) is 0 Å². The molecule has 0 saturated carbocycles. The van der Waals surface area contributed by atoms with Gasteiger partial charge in [-0.15, -0.1) is 6.92 Å². The van der Waals surface area contributed by atoms with E-state index < -0.39 is 13.1 Å². The van der Waals surface area contributed by atoms with Crippen molar-refractivity contribution in [2.45, 2.75) is 86.0 Å². The summed E-state index contributed by atoms with van der Waals surface area (Å²) in [5.41, 5.74) is 8.40. The third-order valence-corrected chi connectivity index (χ3v) is 9.10. The molecule has 224 valence electrons. The predicted octanol–water partition coefficient (Wildman–Crippen LogP) is 11.5. The second-order valence-corrected chi connectivity index (χ2v) is 13.5. The summed E-state index contributed by atoms with van der Waals surface area (Å²) in [6.07, 6.45) is 2.98. The van der Waals surface area contributed by atoms with Crippen molar-refractivity contribution < 1.29 is 39.1 Å². The number of para-hydroxylation sites is 2. The minimum Gasteiger partial charge on any atom is -0.422 e. The van der Waals surface area contributed by atoms with Crippen molar-refractivity contribution >= 4 is 13.0 Å². The molecule has 0 spiro atoms. The van der Waals surface area contributed by atoms with Crippen LogP contribution < -0.4 is 0 Å². The van der Waals surface area contributed by atoms with Gasteiger partial charge in [-0.25, -0.2) is 0 Å². The van der Waals surface area contributed by atoms with Crippen molar-refractivity contribution in [2.75, 3.05) is 0 Å². The van der Waals surface area contributed by atoms with Crippen molar-refractivity contribution in [2.24, 2.45) is 0 Å². The van der Waals surface area contributed by atoms with E-state index in [0.717, 1.165) is 6.92 Å². The fourth-order valence-corrected chi connectivity index (χ4v) is 7.40. The van der Waals surface area contributed by atoms with Crippen molar-refractivity contribution in [1.82, 2.24) is 9.13 Å². The summed E-state index contributed by atoms with van der Waals surface area (Å²) in [7, 11) is 0. The van der Waals surface area contributed by atoms with Crippen LogP contribution in [0.3, 0.4) is 0 Å². The molecule has 3 aromatic rings. The van der Waals surface area contributed by atoms with E-state index in [9.17, 15) is 22.0 Å². The Balaban J connectivity index is 0.000000838. The van der Waals surface area contributed by atoms with E-state index in [2.05, 4.69) is 126 Å². The monoisotopic (exact) mass is 798 g/mol. The number of halogens is 6. The summed E-state index contributed by atoms with van der Waals surface area (Å²) in [6.45, 7) is 16.1. The van der Waals surface area contributed by atoms with Crippen molar-refractivity contribution in [3.63, 3.8) is 0 Å². The van der Waals surface area contributed by atoms with Crippen molar-refractivity contribution in [1.29, 1.82) is 0 Å². The van der Waals surface area contributed by atoms with E-state index in [4.69, 9.17) is 0 Å². The molecule has 39 heavy (non-hydrogen) atoms. The molecule has 9 heteroatoms. The number of nitrogens with zero attached hydrogens (tertiary/aromatic N) is 2. The summed E-state index contributed by atoms with van der Waals surface area (Å²) >= 11 is 3.73. The molecule has 0 atom stereocenters. The molecule has 0 aliphatic heterocycles. The molecule has 0 N–H and O–H groups in total. The second-order valence-electron chi connectivity index (χ2n) is 10.2. The maximum absolute atomic E-state index is 10.2. The molecular weight excluding hydrogens is 760 g/mol. The fourth-order valence-electron chi connectivity index (χ4n) is 4.31. The van der Waals surface area contributed by atoms with Gasteiger partial charge in [-0.05, 0) is 6.43 Å². The van der Waals surface area contributed by atoms with Crippen molar-refractivity contribution in [3.8, 4) is 11.4 Å². The van der Waals surface area contributed by atoms with Crippen LogP contribution in [0, 0.1) is 16.7 Å². The number of hydrogen-bond acceptors (Lipinski definition) is 0. The van der Waals surface area contributed by atoms with E-state index in [0.29, 0.717) is 23.7 Å². The summed E-state index contributed by atoms with van der Waals surface area (Å²) < 4.78 is 55.5. The molecule has 3 rings (SSSR count). The Kier molecular flexibility index (Phi) is 15.2. The predicted molar refractivity (Wildman–Crippen MR) is 151 cm³/mol. The zero-order valence-electron chi connectivity index (χ0n) is 23.9. The van der Waals surface area contributed by atoms with Gasteiger partial charge in [0.1, 0.15) is 0 Å². The van der Waals surface area contributed by atoms with Crippen LogP contribution in [0.5, 0.6) is 0 Å². The maximum Gasteiger partial charge on any atom is 0.154 e. The van der Waals surface area contributed by atoms with Gasteiger partial charge >= 0.3 is 204 Å². The average molecular weight is 800 g/mol. The van der Waals surface area contributed by atoms with Gasteiger partial charge in [0, 0.05) is 0 Å². The van der Waals surface area contributed by atoms with Crippen LogP contribution in [0.1, 0.15) is 108 Å². The molecule has 0 amide bonds. The first-order valence-corrected chi connectivity index (χ1v) is 18.5. The molecule has 0 saturated heterocycles. The number of imidazole rings is 1. The zero-order valence-corrected chi connectivity index (χ0v) is 27.6. The molecule has 0 aliphatic carbocycles. The molecule has 0 bridgehead atoms. The Morgan fingerprint density at radius 3 is 1.03 bits per heavy atom. The van der Waals surface area contributed by atoms with Gasteiger partial charge in [-0.3, -0.25) is 0 Å². The molecule has 0 radical (unpaired) electrons. The number of hydrogen-bond donors (Lipinski definition) is 0. The first-order chi connectivity index (χ1) is 18.1. The number of aromatic nitrogens is 2. The Labute approximate surface area is 245 Å². The van der Waals surface area contributed by atoms with Crippen LogP contribution in [0.15, 0.2) is 48.8 Å². The van der Waals surface area contributed by atoms with E-state index in [1.165, 1.54) is 37.3 Å². The van der Waals surface area contributed by atoms with Gasteiger partial charge in [0.15, 0.2) is 6.68 Å². The smallest absolute Gasteiger partial charge is 0.154 e. The summed E-state index contributed by atoms with van der Waals surface area (Å²) in [6, 6.07) is 13.6. The number of benzene rings is 2. The van der Waals surface area contributed by atoms with E-state index in [1.54, 1.807) is 0 Å². The average Bonchev–Trinajstić information content (AvgIpc) is 3.25. The standard InChI is InChI=1S/C27H36N2.C2H3F2.CF3.Au.BrH/c1-18(2)22-11-9-12-23(19(3)4)26(22)28-15-16-29(17-28)27-24(20(5)6)13-10-14-25(27)21(7)8;1-2(3)4;2-1(3)4;;/h9-16,18-21H,1-8H3;1H3;;;1H/q;2*-1;+1;/p-1. The summed E-state index contributed by atoms with van der Waals surface area (Å²) in [4.78, 5) is 0. The van der Waals surface area contributed by atoms with Crippen LogP contribution >= 0.6 is 13.0 Å². The molecule has 2 nitrogen and oxygen atoms in total. The second kappa shape index (κ2) is 16.7. The molecule has 0 unspecified atom stereocenters. The largest absolute Gasteiger partial charge is 0.422 e. The Hall–Kier alpha value is -1.48. The van der Waals surface area contributed by atoms with Crippen LogP contribution in [-0.2, 0) is 17.2 Å². The Morgan fingerprint density at radius 1 is 0.615 bits per heavy atom. The van der Waals surface area contributed by atoms with Crippen LogP contribution in [0.2, 0.25) is 0 Å². The van der Waals surface area contributed by atoms with Gasteiger partial charge in [-0.1, -0.05) is 0 Å². The third-order valence-electron chi connectivity index (χ3n) is 5.94. The normalized spacial score (nSPS) is 11.5. The van der Waals surface area contributed by atoms with Gasteiger partial charge in [0.05, 0.1) is 0 Å². The molecule has 2 aromatic carbocycles. The molecule has 0 fully saturated rings. The van der Waals surface area contributed by atoms with Crippen molar-refractivity contribution in [3.05, 3.63) is 87.8 Å². The zero-order chi connectivity index (χ0) is 30.0. The van der Waals surface area contributed by atoms with Crippen LogP contribution in [0.25, 0.3) is 11.4 Å².